The molecule has 0 unspecified atom stereocenters. The SMILES string of the molecule is N#Cc1cc2c(n([C@H]3O[C@@H](CO)[C@@H](O)[C@@H](O)[C@@H]3O)c1=S)CCCCC2. The molecule has 1 fully saturated rings. The normalized spacial score (nSPS) is 32.5. The Balaban J connectivity index is 2.15. The van der Waals surface area contributed by atoms with Crippen molar-refractivity contribution in [3.05, 3.63) is 27.5 Å². The molecule has 1 aromatic rings. The number of nitriles is 1. The van der Waals surface area contributed by atoms with Crippen molar-refractivity contribution in [2.75, 3.05) is 6.61 Å². The third-order valence-corrected chi connectivity index (χ3v) is 5.45. The standard InChI is InChI=1S/C17H22N2O5S/c18-7-10-6-9-4-2-1-3-5-11(9)19(17(10)25)16-15(23)14(22)13(21)12(8-20)24-16/h6,12-16,20-23H,1-5,8H2/t12-,13+,14+,15-,16-/m0/s1. The second-order valence-corrected chi connectivity index (χ2v) is 6.98. The maximum absolute atomic E-state index is 10.5. The molecular weight excluding hydrogens is 344 g/mol. The molecule has 136 valence electrons. The Bertz CT molecular complexity index is 742. The van der Waals surface area contributed by atoms with Crippen LogP contribution in [-0.4, -0.2) is 56.0 Å². The van der Waals surface area contributed by atoms with Crippen LogP contribution < -0.4 is 0 Å². The van der Waals surface area contributed by atoms with Crippen molar-refractivity contribution in [2.45, 2.75) is 62.7 Å². The smallest absolute Gasteiger partial charge is 0.164 e. The molecule has 2 aliphatic rings. The minimum Gasteiger partial charge on any atom is -0.394 e. The molecule has 0 bridgehead atoms. The van der Waals surface area contributed by atoms with E-state index in [4.69, 9.17) is 17.0 Å². The van der Waals surface area contributed by atoms with Gasteiger partial charge in [-0.1, -0.05) is 18.6 Å². The van der Waals surface area contributed by atoms with Gasteiger partial charge in [0.25, 0.3) is 0 Å². The highest BCUT2D eigenvalue weighted by Crippen LogP contribution is 2.33. The second kappa shape index (κ2) is 7.50. The predicted molar refractivity (Wildman–Crippen MR) is 90.3 cm³/mol. The summed E-state index contributed by atoms with van der Waals surface area (Å²) >= 11 is 5.44. The molecule has 7 nitrogen and oxygen atoms in total. The van der Waals surface area contributed by atoms with Crippen molar-refractivity contribution in [3.63, 3.8) is 0 Å². The fourth-order valence-electron chi connectivity index (χ4n) is 3.65. The van der Waals surface area contributed by atoms with E-state index in [2.05, 4.69) is 6.07 Å². The topological polar surface area (TPSA) is 119 Å². The number of aromatic nitrogens is 1. The Morgan fingerprint density at radius 2 is 1.88 bits per heavy atom. The molecule has 5 atom stereocenters. The molecule has 0 spiro atoms. The van der Waals surface area contributed by atoms with E-state index < -0.39 is 37.3 Å². The van der Waals surface area contributed by atoms with Gasteiger partial charge in [0, 0.05) is 5.69 Å². The van der Waals surface area contributed by atoms with Crippen LogP contribution in [0.2, 0.25) is 0 Å². The Kier molecular flexibility index (Phi) is 5.53. The molecule has 1 aromatic heterocycles. The van der Waals surface area contributed by atoms with Crippen LogP contribution >= 0.6 is 12.2 Å². The van der Waals surface area contributed by atoms with Gasteiger partial charge in [-0.2, -0.15) is 5.26 Å². The van der Waals surface area contributed by atoms with Gasteiger partial charge in [-0.15, -0.1) is 0 Å². The van der Waals surface area contributed by atoms with Crippen LogP contribution in [-0.2, 0) is 17.6 Å². The molecule has 0 amide bonds. The number of ether oxygens (including phenoxy) is 1. The summed E-state index contributed by atoms with van der Waals surface area (Å²) in [5.41, 5.74) is 2.18. The average Bonchev–Trinajstić information content (AvgIpc) is 2.85. The van der Waals surface area contributed by atoms with Crippen LogP contribution in [0.3, 0.4) is 0 Å². The van der Waals surface area contributed by atoms with Crippen molar-refractivity contribution in [1.29, 1.82) is 5.26 Å². The molecule has 1 saturated heterocycles. The van der Waals surface area contributed by atoms with E-state index in [0.29, 0.717) is 5.56 Å². The van der Waals surface area contributed by atoms with E-state index in [1.807, 2.05) is 0 Å². The summed E-state index contributed by atoms with van der Waals surface area (Å²) in [6.45, 7) is -0.505. The Morgan fingerprint density at radius 3 is 2.56 bits per heavy atom. The monoisotopic (exact) mass is 366 g/mol. The maximum Gasteiger partial charge on any atom is 0.164 e. The van der Waals surface area contributed by atoms with Crippen LogP contribution in [0.15, 0.2) is 6.07 Å². The summed E-state index contributed by atoms with van der Waals surface area (Å²) in [5, 5.41) is 49.4. The average molecular weight is 366 g/mol. The van der Waals surface area contributed by atoms with Gasteiger partial charge >= 0.3 is 0 Å². The minimum absolute atomic E-state index is 0.229. The summed E-state index contributed by atoms with van der Waals surface area (Å²) < 4.78 is 7.50. The van der Waals surface area contributed by atoms with Gasteiger partial charge in [-0.3, -0.25) is 0 Å². The molecule has 3 rings (SSSR count). The predicted octanol–water partition coefficient (Wildman–Crippen LogP) is 0.331. The first-order valence-corrected chi connectivity index (χ1v) is 8.88. The Morgan fingerprint density at radius 1 is 1.16 bits per heavy atom. The molecule has 0 saturated carbocycles. The number of aryl methyl sites for hydroxylation is 1. The molecule has 0 radical (unpaired) electrons. The van der Waals surface area contributed by atoms with Gasteiger partial charge < -0.3 is 29.7 Å². The van der Waals surface area contributed by atoms with Crippen molar-refractivity contribution in [1.82, 2.24) is 4.57 Å². The summed E-state index contributed by atoms with van der Waals surface area (Å²) in [6, 6.07) is 3.88. The molecular formula is C17H22N2O5S. The van der Waals surface area contributed by atoms with Crippen LogP contribution in [0.25, 0.3) is 0 Å². The molecule has 2 heterocycles. The lowest BCUT2D eigenvalue weighted by Gasteiger charge is -2.41. The van der Waals surface area contributed by atoms with Gasteiger partial charge in [0.05, 0.1) is 12.2 Å². The number of hydrogen-bond donors (Lipinski definition) is 4. The zero-order chi connectivity index (χ0) is 18.1. The lowest BCUT2D eigenvalue weighted by Crippen LogP contribution is -2.56. The highest BCUT2D eigenvalue weighted by Gasteiger charge is 2.45. The quantitative estimate of drug-likeness (QED) is 0.440. The zero-order valence-corrected chi connectivity index (χ0v) is 14.5. The van der Waals surface area contributed by atoms with E-state index in [-0.39, 0.29) is 4.64 Å². The van der Waals surface area contributed by atoms with Crippen LogP contribution in [0, 0.1) is 16.0 Å². The van der Waals surface area contributed by atoms with E-state index >= 15 is 0 Å². The van der Waals surface area contributed by atoms with Crippen LogP contribution in [0.4, 0.5) is 0 Å². The molecule has 4 N–H and O–H groups in total. The first kappa shape index (κ1) is 18.5. The van der Waals surface area contributed by atoms with E-state index in [0.717, 1.165) is 43.4 Å². The lowest BCUT2D eigenvalue weighted by molar-refractivity contribution is -0.252. The summed E-state index contributed by atoms with van der Waals surface area (Å²) in [5.74, 6) is 0. The molecule has 25 heavy (non-hydrogen) atoms. The largest absolute Gasteiger partial charge is 0.394 e. The molecule has 0 aromatic carbocycles. The van der Waals surface area contributed by atoms with Crippen molar-refractivity contribution in [3.8, 4) is 6.07 Å². The fraction of sp³-hybridized carbons (Fsp3) is 0.647. The highest BCUT2D eigenvalue weighted by atomic mass is 32.1. The van der Waals surface area contributed by atoms with Crippen molar-refractivity contribution in [2.24, 2.45) is 0 Å². The van der Waals surface area contributed by atoms with Gasteiger partial charge in [-0.25, -0.2) is 0 Å². The highest BCUT2D eigenvalue weighted by molar-refractivity contribution is 7.71. The van der Waals surface area contributed by atoms with Crippen LogP contribution in [0.5, 0.6) is 0 Å². The molecule has 1 aliphatic heterocycles. The first-order chi connectivity index (χ1) is 12.0. The second-order valence-electron chi connectivity index (χ2n) is 6.60. The van der Waals surface area contributed by atoms with Gasteiger partial charge in [-0.05, 0) is 37.3 Å². The number of aliphatic hydroxyl groups excluding tert-OH is 4. The summed E-state index contributed by atoms with van der Waals surface area (Å²) in [4.78, 5) is 0. The van der Waals surface area contributed by atoms with E-state index in [1.54, 1.807) is 10.6 Å². The zero-order valence-electron chi connectivity index (χ0n) is 13.7. The van der Waals surface area contributed by atoms with E-state index in [9.17, 15) is 25.7 Å². The van der Waals surface area contributed by atoms with Crippen molar-refractivity contribution >= 4 is 12.2 Å². The van der Waals surface area contributed by atoms with Gasteiger partial charge in [0.1, 0.15) is 35.1 Å². The number of fused-ring (bicyclic) bond motifs is 1. The van der Waals surface area contributed by atoms with Crippen molar-refractivity contribution < 1.29 is 25.2 Å². The van der Waals surface area contributed by atoms with Gasteiger partial charge in [0.2, 0.25) is 0 Å². The number of nitrogens with zero attached hydrogens (tertiary/aromatic N) is 2. The Labute approximate surface area is 150 Å². The maximum atomic E-state index is 10.5. The lowest BCUT2D eigenvalue weighted by atomic mass is 9.97. The minimum atomic E-state index is -1.48. The van der Waals surface area contributed by atoms with Gasteiger partial charge in [0.15, 0.2) is 6.23 Å². The molecule has 1 aliphatic carbocycles. The van der Waals surface area contributed by atoms with E-state index in [1.165, 1.54) is 0 Å². The Hall–Kier alpha value is -1.34. The third kappa shape index (κ3) is 3.24. The third-order valence-electron chi connectivity index (χ3n) is 5.03. The molecule has 8 heteroatoms. The van der Waals surface area contributed by atoms with Crippen LogP contribution in [0.1, 0.15) is 42.3 Å². The number of hydrogen-bond acceptors (Lipinski definition) is 7. The number of rotatable bonds is 2. The summed E-state index contributed by atoms with van der Waals surface area (Å²) in [6.07, 6.45) is -1.89. The number of pyridine rings is 1. The number of aliphatic hydroxyl groups is 4. The fourth-order valence-corrected chi connectivity index (χ4v) is 3.97. The first-order valence-electron chi connectivity index (χ1n) is 8.47. The summed E-state index contributed by atoms with van der Waals surface area (Å²) in [7, 11) is 0.